The molecule has 0 aliphatic heterocycles. The first-order valence-electron chi connectivity index (χ1n) is 7.57. The summed E-state index contributed by atoms with van der Waals surface area (Å²) in [5.41, 5.74) is 5.80. The third-order valence-electron chi connectivity index (χ3n) is 3.36. The van der Waals surface area contributed by atoms with Gasteiger partial charge in [0.1, 0.15) is 0 Å². The van der Waals surface area contributed by atoms with E-state index in [1.54, 1.807) is 0 Å². The van der Waals surface area contributed by atoms with Crippen LogP contribution in [-0.4, -0.2) is 18.6 Å². The molecule has 0 atom stereocenters. The van der Waals surface area contributed by atoms with Gasteiger partial charge >= 0.3 is 0 Å². The van der Waals surface area contributed by atoms with Crippen molar-refractivity contribution in [3.63, 3.8) is 0 Å². The lowest BCUT2D eigenvalue weighted by Gasteiger charge is -2.25. The van der Waals surface area contributed by atoms with Gasteiger partial charge in [0.25, 0.3) is 0 Å². The third kappa shape index (κ3) is 12.2. The second-order valence-electron chi connectivity index (χ2n) is 5.82. The van der Waals surface area contributed by atoms with Crippen molar-refractivity contribution in [1.82, 2.24) is 5.32 Å². The van der Waals surface area contributed by atoms with E-state index in [1.807, 2.05) is 0 Å². The van der Waals surface area contributed by atoms with E-state index >= 15 is 0 Å². The van der Waals surface area contributed by atoms with E-state index in [0.717, 1.165) is 6.54 Å². The number of rotatable bonds is 12. The van der Waals surface area contributed by atoms with Crippen molar-refractivity contribution in [3.05, 3.63) is 0 Å². The monoisotopic (exact) mass is 242 g/mol. The summed E-state index contributed by atoms with van der Waals surface area (Å²) in [6.07, 6.45) is 11.9. The van der Waals surface area contributed by atoms with E-state index in [9.17, 15) is 0 Å². The molecular formula is C15H34N2. The second-order valence-corrected chi connectivity index (χ2v) is 5.82. The summed E-state index contributed by atoms with van der Waals surface area (Å²) >= 11 is 0. The van der Waals surface area contributed by atoms with Crippen LogP contribution in [0.1, 0.15) is 78.6 Å². The largest absolute Gasteiger partial charge is 0.330 e. The summed E-state index contributed by atoms with van der Waals surface area (Å²) in [7, 11) is 0. The van der Waals surface area contributed by atoms with Gasteiger partial charge in [-0.1, -0.05) is 45.4 Å². The standard InChI is InChI=1S/C15H34N2/c1-4-12-15(2,3)17-14-11-9-7-5-6-8-10-13-16/h17H,4-14,16H2,1-3H3. The predicted molar refractivity (Wildman–Crippen MR) is 78.4 cm³/mol. The molecule has 0 aliphatic rings. The molecule has 0 spiro atoms. The van der Waals surface area contributed by atoms with Gasteiger partial charge in [0.2, 0.25) is 0 Å². The Kier molecular flexibility index (Phi) is 11.0. The molecule has 0 saturated heterocycles. The van der Waals surface area contributed by atoms with Crippen LogP contribution in [0, 0.1) is 0 Å². The summed E-state index contributed by atoms with van der Waals surface area (Å²) in [4.78, 5) is 0. The molecule has 2 heteroatoms. The van der Waals surface area contributed by atoms with Crippen molar-refractivity contribution in [3.8, 4) is 0 Å². The summed E-state index contributed by atoms with van der Waals surface area (Å²) in [5, 5.41) is 3.65. The van der Waals surface area contributed by atoms with Crippen molar-refractivity contribution in [2.75, 3.05) is 13.1 Å². The zero-order valence-electron chi connectivity index (χ0n) is 12.4. The lowest BCUT2D eigenvalue weighted by Crippen LogP contribution is -2.39. The maximum atomic E-state index is 5.47. The molecule has 0 bridgehead atoms. The topological polar surface area (TPSA) is 38.0 Å². The van der Waals surface area contributed by atoms with Crippen molar-refractivity contribution in [2.45, 2.75) is 84.1 Å². The highest BCUT2D eigenvalue weighted by Gasteiger charge is 2.14. The average molecular weight is 242 g/mol. The molecule has 0 saturated carbocycles. The lowest BCUT2D eigenvalue weighted by atomic mass is 9.98. The predicted octanol–water partition coefficient (Wildman–Crippen LogP) is 3.84. The second kappa shape index (κ2) is 11.0. The van der Waals surface area contributed by atoms with E-state index < -0.39 is 0 Å². The molecule has 0 radical (unpaired) electrons. The van der Waals surface area contributed by atoms with Crippen LogP contribution in [0.15, 0.2) is 0 Å². The van der Waals surface area contributed by atoms with Crippen LogP contribution in [0.3, 0.4) is 0 Å². The Morgan fingerprint density at radius 3 is 1.94 bits per heavy atom. The summed E-state index contributed by atoms with van der Waals surface area (Å²) in [6, 6.07) is 0. The summed E-state index contributed by atoms with van der Waals surface area (Å²) < 4.78 is 0. The van der Waals surface area contributed by atoms with Crippen molar-refractivity contribution >= 4 is 0 Å². The minimum atomic E-state index is 0.329. The van der Waals surface area contributed by atoms with Crippen LogP contribution in [0.4, 0.5) is 0 Å². The van der Waals surface area contributed by atoms with Gasteiger partial charge in [0.15, 0.2) is 0 Å². The fourth-order valence-electron chi connectivity index (χ4n) is 2.29. The Balaban J connectivity index is 3.18. The van der Waals surface area contributed by atoms with Gasteiger partial charge < -0.3 is 11.1 Å². The number of unbranched alkanes of at least 4 members (excludes halogenated alkanes) is 6. The van der Waals surface area contributed by atoms with Gasteiger partial charge in [-0.05, 0) is 46.2 Å². The van der Waals surface area contributed by atoms with E-state index in [2.05, 4.69) is 26.1 Å². The Morgan fingerprint density at radius 1 is 0.882 bits per heavy atom. The molecule has 0 fully saturated rings. The van der Waals surface area contributed by atoms with Gasteiger partial charge in [0.05, 0.1) is 0 Å². The maximum absolute atomic E-state index is 5.47. The Hall–Kier alpha value is -0.0800. The van der Waals surface area contributed by atoms with E-state index in [4.69, 9.17) is 5.73 Å². The molecule has 0 aliphatic carbocycles. The normalized spacial score (nSPS) is 12.0. The van der Waals surface area contributed by atoms with Gasteiger partial charge in [-0.15, -0.1) is 0 Å². The first-order valence-corrected chi connectivity index (χ1v) is 7.57. The first kappa shape index (κ1) is 16.9. The van der Waals surface area contributed by atoms with E-state index in [1.165, 1.54) is 64.3 Å². The van der Waals surface area contributed by atoms with Crippen LogP contribution in [0.2, 0.25) is 0 Å². The lowest BCUT2D eigenvalue weighted by molar-refractivity contribution is 0.354. The fraction of sp³-hybridized carbons (Fsp3) is 1.00. The SMILES string of the molecule is CCCC(C)(C)NCCCCCCCCCN. The molecule has 17 heavy (non-hydrogen) atoms. The minimum Gasteiger partial charge on any atom is -0.330 e. The highest BCUT2D eigenvalue weighted by Crippen LogP contribution is 2.11. The first-order chi connectivity index (χ1) is 8.12. The smallest absolute Gasteiger partial charge is 0.0125 e. The number of hydrogen-bond donors (Lipinski definition) is 2. The zero-order valence-corrected chi connectivity index (χ0v) is 12.4. The highest BCUT2D eigenvalue weighted by atomic mass is 14.9. The molecule has 0 heterocycles. The van der Waals surface area contributed by atoms with Gasteiger partial charge in [-0.3, -0.25) is 0 Å². The summed E-state index contributed by atoms with van der Waals surface area (Å²) in [6.45, 7) is 8.91. The quantitative estimate of drug-likeness (QED) is 0.510. The number of hydrogen-bond acceptors (Lipinski definition) is 2. The number of nitrogens with one attached hydrogen (secondary N) is 1. The number of nitrogens with two attached hydrogens (primary N) is 1. The van der Waals surface area contributed by atoms with Crippen molar-refractivity contribution < 1.29 is 0 Å². The molecule has 3 N–H and O–H groups in total. The fourth-order valence-corrected chi connectivity index (χ4v) is 2.29. The van der Waals surface area contributed by atoms with Crippen LogP contribution < -0.4 is 11.1 Å². The molecule has 0 aromatic rings. The maximum Gasteiger partial charge on any atom is 0.0125 e. The van der Waals surface area contributed by atoms with Gasteiger partial charge in [-0.25, -0.2) is 0 Å². The van der Waals surface area contributed by atoms with Crippen LogP contribution in [0.25, 0.3) is 0 Å². The van der Waals surface area contributed by atoms with Gasteiger partial charge in [-0.2, -0.15) is 0 Å². The van der Waals surface area contributed by atoms with Crippen LogP contribution in [-0.2, 0) is 0 Å². The molecule has 0 rings (SSSR count). The van der Waals surface area contributed by atoms with E-state index in [-0.39, 0.29) is 0 Å². The third-order valence-corrected chi connectivity index (χ3v) is 3.36. The Morgan fingerprint density at radius 2 is 1.41 bits per heavy atom. The van der Waals surface area contributed by atoms with Crippen molar-refractivity contribution in [1.29, 1.82) is 0 Å². The Labute approximate surface area is 109 Å². The minimum absolute atomic E-state index is 0.329. The van der Waals surface area contributed by atoms with Crippen molar-refractivity contribution in [2.24, 2.45) is 5.73 Å². The molecule has 2 nitrogen and oxygen atoms in total. The zero-order chi connectivity index (χ0) is 13.0. The van der Waals surface area contributed by atoms with E-state index in [0.29, 0.717) is 5.54 Å². The van der Waals surface area contributed by atoms with Gasteiger partial charge in [0, 0.05) is 5.54 Å². The van der Waals surface area contributed by atoms with Crippen LogP contribution >= 0.6 is 0 Å². The van der Waals surface area contributed by atoms with Crippen LogP contribution in [0.5, 0.6) is 0 Å². The Bertz CT molecular complexity index is 155. The molecular weight excluding hydrogens is 208 g/mol. The molecule has 0 amide bonds. The molecule has 0 aromatic carbocycles. The molecule has 0 aromatic heterocycles. The summed E-state index contributed by atoms with van der Waals surface area (Å²) in [5.74, 6) is 0. The average Bonchev–Trinajstić information content (AvgIpc) is 2.27. The molecule has 0 unspecified atom stereocenters. The highest BCUT2D eigenvalue weighted by molar-refractivity contribution is 4.76. The molecule has 104 valence electrons.